The Hall–Kier alpha value is -2.03. The quantitative estimate of drug-likeness (QED) is 0.639. The van der Waals surface area contributed by atoms with Gasteiger partial charge in [0.2, 0.25) is 0 Å². The lowest BCUT2D eigenvalue weighted by molar-refractivity contribution is -0.385. The highest BCUT2D eigenvalue weighted by Crippen LogP contribution is 2.30. The summed E-state index contributed by atoms with van der Waals surface area (Å²) in [5, 5.41) is 16.5. The Morgan fingerprint density at radius 1 is 1.46 bits per heavy atom. The van der Waals surface area contributed by atoms with Crippen LogP contribution in [0, 0.1) is 22.9 Å². The Kier molecular flexibility index (Phi) is 5.53. The van der Waals surface area contributed by atoms with E-state index in [4.69, 9.17) is 0 Å². The molecule has 0 bridgehead atoms. The first-order chi connectivity index (χ1) is 11.0. The molecule has 0 saturated heterocycles. The standard InChI is InChI=1S/C15H14FN3O3S.ClH/c1-8-12(19(21)22)6-13(23-8)15(20)18-11-3-2-9-7-17-5-4-10(9)14(11)16;/h2-3,6,17H,4-5,7H2,1H3,(H,18,20);1H. The van der Waals surface area contributed by atoms with Crippen molar-refractivity contribution in [1.82, 2.24) is 5.32 Å². The van der Waals surface area contributed by atoms with Gasteiger partial charge in [0.15, 0.2) is 0 Å². The lowest BCUT2D eigenvalue weighted by atomic mass is 9.99. The van der Waals surface area contributed by atoms with E-state index in [-0.39, 0.29) is 28.7 Å². The van der Waals surface area contributed by atoms with Crippen molar-refractivity contribution in [2.75, 3.05) is 11.9 Å². The van der Waals surface area contributed by atoms with Crippen molar-refractivity contribution in [1.29, 1.82) is 0 Å². The van der Waals surface area contributed by atoms with Crippen LogP contribution in [0.1, 0.15) is 25.7 Å². The van der Waals surface area contributed by atoms with Crippen molar-refractivity contribution >= 4 is 41.0 Å². The lowest BCUT2D eigenvalue weighted by Crippen LogP contribution is -2.25. The number of carbonyl (C=O) groups excluding carboxylic acids is 1. The number of carbonyl (C=O) groups is 1. The van der Waals surface area contributed by atoms with Crippen LogP contribution in [0.25, 0.3) is 0 Å². The summed E-state index contributed by atoms with van der Waals surface area (Å²) in [4.78, 5) is 23.2. The fraction of sp³-hybridized carbons (Fsp3) is 0.267. The third kappa shape index (κ3) is 3.40. The van der Waals surface area contributed by atoms with Crippen LogP contribution in [0.15, 0.2) is 18.2 Å². The second-order valence-corrected chi connectivity index (χ2v) is 6.51. The minimum absolute atomic E-state index is 0. The van der Waals surface area contributed by atoms with Gasteiger partial charge in [-0.1, -0.05) is 6.07 Å². The fourth-order valence-electron chi connectivity index (χ4n) is 2.58. The minimum Gasteiger partial charge on any atom is -0.319 e. The van der Waals surface area contributed by atoms with Crippen molar-refractivity contribution in [3.05, 3.63) is 55.0 Å². The van der Waals surface area contributed by atoms with Gasteiger partial charge in [-0.3, -0.25) is 14.9 Å². The molecule has 1 aliphatic heterocycles. The number of hydrogen-bond donors (Lipinski definition) is 2. The maximum atomic E-state index is 14.5. The van der Waals surface area contributed by atoms with Gasteiger partial charge in [0.05, 0.1) is 20.4 Å². The highest BCUT2D eigenvalue weighted by molar-refractivity contribution is 7.14. The van der Waals surface area contributed by atoms with Gasteiger partial charge in [-0.05, 0) is 37.1 Å². The SMILES string of the molecule is Cc1sc(C(=O)Nc2ccc3c(c2F)CCNC3)cc1[N+](=O)[O-].Cl. The van der Waals surface area contributed by atoms with E-state index in [1.54, 1.807) is 13.0 Å². The van der Waals surface area contributed by atoms with E-state index in [1.807, 2.05) is 0 Å². The zero-order valence-corrected chi connectivity index (χ0v) is 14.4. The van der Waals surface area contributed by atoms with Crippen molar-refractivity contribution in [3.63, 3.8) is 0 Å². The highest BCUT2D eigenvalue weighted by atomic mass is 35.5. The number of halogens is 2. The van der Waals surface area contributed by atoms with Crippen LogP contribution in [0.5, 0.6) is 0 Å². The Bertz CT molecular complexity index is 810. The van der Waals surface area contributed by atoms with E-state index in [2.05, 4.69) is 10.6 Å². The average molecular weight is 372 g/mol. The van der Waals surface area contributed by atoms with E-state index < -0.39 is 16.6 Å². The number of amides is 1. The number of thiophene rings is 1. The minimum atomic E-state index is -0.543. The normalized spacial score (nSPS) is 12.9. The van der Waals surface area contributed by atoms with Crippen LogP contribution in [-0.2, 0) is 13.0 Å². The molecule has 2 N–H and O–H groups in total. The van der Waals surface area contributed by atoms with E-state index in [1.165, 1.54) is 12.1 Å². The second-order valence-electron chi connectivity index (χ2n) is 5.25. The number of rotatable bonds is 3. The molecular formula is C15H15ClFN3O3S. The molecule has 9 heteroatoms. The Morgan fingerprint density at radius 2 is 2.21 bits per heavy atom. The second kappa shape index (κ2) is 7.25. The molecule has 1 aromatic heterocycles. The summed E-state index contributed by atoms with van der Waals surface area (Å²) < 4.78 is 14.5. The van der Waals surface area contributed by atoms with Gasteiger partial charge in [0.25, 0.3) is 11.6 Å². The van der Waals surface area contributed by atoms with Gasteiger partial charge in [0.1, 0.15) is 5.82 Å². The number of fused-ring (bicyclic) bond motifs is 1. The summed E-state index contributed by atoms with van der Waals surface area (Å²) in [5.74, 6) is -0.973. The molecule has 0 aliphatic carbocycles. The average Bonchev–Trinajstić information content (AvgIpc) is 2.92. The first-order valence-electron chi connectivity index (χ1n) is 7.04. The molecule has 2 heterocycles. The van der Waals surface area contributed by atoms with Crippen LogP contribution in [-0.4, -0.2) is 17.4 Å². The molecule has 0 unspecified atom stereocenters. The summed E-state index contributed by atoms with van der Waals surface area (Å²) in [6, 6.07) is 4.52. The topological polar surface area (TPSA) is 84.3 Å². The zero-order chi connectivity index (χ0) is 16.6. The van der Waals surface area contributed by atoms with E-state index in [0.29, 0.717) is 30.0 Å². The number of nitro groups is 1. The summed E-state index contributed by atoms with van der Waals surface area (Å²) in [7, 11) is 0. The van der Waals surface area contributed by atoms with Crippen molar-refractivity contribution in [3.8, 4) is 0 Å². The van der Waals surface area contributed by atoms with Gasteiger partial charge in [-0.25, -0.2) is 4.39 Å². The number of benzene rings is 1. The summed E-state index contributed by atoms with van der Waals surface area (Å²) in [6.07, 6.45) is 0.564. The first-order valence-corrected chi connectivity index (χ1v) is 7.86. The third-order valence-electron chi connectivity index (χ3n) is 3.77. The molecule has 0 saturated carbocycles. The molecule has 0 spiro atoms. The summed E-state index contributed by atoms with van der Waals surface area (Å²) >= 11 is 1.02. The molecule has 1 aliphatic rings. The smallest absolute Gasteiger partial charge is 0.283 e. The predicted molar refractivity (Wildman–Crippen MR) is 92.7 cm³/mol. The Morgan fingerprint density at radius 3 is 2.88 bits per heavy atom. The third-order valence-corrected chi connectivity index (χ3v) is 4.81. The van der Waals surface area contributed by atoms with Crippen molar-refractivity contribution in [2.24, 2.45) is 0 Å². The maximum Gasteiger partial charge on any atom is 0.283 e. The maximum absolute atomic E-state index is 14.5. The fourth-order valence-corrected chi connectivity index (χ4v) is 3.46. The van der Waals surface area contributed by atoms with E-state index >= 15 is 0 Å². The van der Waals surface area contributed by atoms with Gasteiger partial charge in [0, 0.05) is 12.6 Å². The Balaban J connectivity index is 0.00000208. The van der Waals surface area contributed by atoms with Crippen LogP contribution in [0.3, 0.4) is 0 Å². The first kappa shape index (κ1) is 18.3. The molecule has 6 nitrogen and oxygen atoms in total. The number of hydrogen-bond acceptors (Lipinski definition) is 5. The van der Waals surface area contributed by atoms with Crippen LogP contribution in [0.4, 0.5) is 15.8 Å². The molecule has 1 amide bonds. The molecule has 2 aromatic rings. The lowest BCUT2D eigenvalue weighted by Gasteiger charge is -2.19. The largest absolute Gasteiger partial charge is 0.319 e. The number of nitrogens with one attached hydrogen (secondary N) is 2. The predicted octanol–water partition coefficient (Wildman–Crippen LogP) is 3.42. The molecular weight excluding hydrogens is 357 g/mol. The van der Waals surface area contributed by atoms with Gasteiger partial charge in [-0.15, -0.1) is 23.7 Å². The molecule has 0 fully saturated rings. The zero-order valence-electron chi connectivity index (χ0n) is 12.7. The molecule has 3 rings (SSSR count). The van der Waals surface area contributed by atoms with Crippen LogP contribution >= 0.6 is 23.7 Å². The summed E-state index contributed by atoms with van der Waals surface area (Å²) in [6.45, 7) is 2.88. The molecule has 1 aromatic carbocycles. The van der Waals surface area contributed by atoms with E-state index in [0.717, 1.165) is 16.9 Å². The van der Waals surface area contributed by atoms with Crippen LogP contribution in [0.2, 0.25) is 0 Å². The monoisotopic (exact) mass is 371 g/mol. The summed E-state index contributed by atoms with van der Waals surface area (Å²) in [5.41, 5.74) is 1.49. The van der Waals surface area contributed by atoms with Crippen molar-refractivity contribution in [2.45, 2.75) is 19.9 Å². The molecule has 24 heavy (non-hydrogen) atoms. The van der Waals surface area contributed by atoms with Gasteiger partial charge >= 0.3 is 0 Å². The van der Waals surface area contributed by atoms with E-state index in [9.17, 15) is 19.3 Å². The Labute approximate surface area is 147 Å². The van der Waals surface area contributed by atoms with Crippen LogP contribution < -0.4 is 10.6 Å². The molecule has 128 valence electrons. The van der Waals surface area contributed by atoms with Gasteiger partial charge in [-0.2, -0.15) is 0 Å². The van der Waals surface area contributed by atoms with Gasteiger partial charge < -0.3 is 10.6 Å². The highest BCUT2D eigenvalue weighted by Gasteiger charge is 2.22. The molecule has 0 atom stereocenters. The number of nitrogens with zero attached hydrogens (tertiary/aromatic N) is 1. The number of aryl methyl sites for hydroxylation is 1. The number of anilines is 1. The van der Waals surface area contributed by atoms with Crippen molar-refractivity contribution < 1.29 is 14.1 Å². The molecule has 0 radical (unpaired) electrons.